The molecule has 5 rings (SSSR count). The second kappa shape index (κ2) is 8.95. The summed E-state index contributed by atoms with van der Waals surface area (Å²) in [4.78, 5) is 21.1. The van der Waals surface area contributed by atoms with Crippen LogP contribution >= 0.6 is 0 Å². The Kier molecular flexibility index (Phi) is 5.92. The van der Waals surface area contributed by atoms with Crippen LogP contribution in [-0.4, -0.2) is 32.0 Å². The fourth-order valence-corrected chi connectivity index (χ4v) is 4.92. The largest absolute Gasteiger partial charge is 0.396 e. The van der Waals surface area contributed by atoms with Crippen molar-refractivity contribution in [3.8, 4) is 11.1 Å². The minimum atomic E-state index is -1.61. The lowest BCUT2D eigenvalue weighted by molar-refractivity contribution is 0.103. The summed E-state index contributed by atoms with van der Waals surface area (Å²) >= 11 is 0. The lowest BCUT2D eigenvalue weighted by Crippen LogP contribution is -2.04. The molecule has 0 spiro atoms. The Labute approximate surface area is 205 Å². The van der Waals surface area contributed by atoms with Crippen LogP contribution in [0.1, 0.15) is 39.3 Å². The number of benzene rings is 3. The third-order valence-electron chi connectivity index (χ3n) is 6.76. The number of aliphatic hydroxyl groups excluding tert-OH is 1. The van der Waals surface area contributed by atoms with Gasteiger partial charge in [-0.2, -0.15) is 0 Å². The summed E-state index contributed by atoms with van der Waals surface area (Å²) < 4.78 is 43.0. The maximum absolute atomic E-state index is 13.8. The number of hydrogen-bond donors (Lipinski definition) is 2. The highest BCUT2D eigenvalue weighted by molar-refractivity contribution is 6.18. The van der Waals surface area contributed by atoms with Crippen LogP contribution in [0.15, 0.2) is 42.6 Å². The number of hydrogen-bond acceptors (Lipinski definition) is 3. The number of aromatic nitrogens is 3. The van der Waals surface area contributed by atoms with E-state index < -0.39 is 23.2 Å². The van der Waals surface area contributed by atoms with Gasteiger partial charge in [0.05, 0.1) is 16.6 Å². The van der Waals surface area contributed by atoms with Gasteiger partial charge in [0.25, 0.3) is 0 Å². The molecule has 0 radical (unpaired) electrons. The highest BCUT2D eigenvalue weighted by atomic mass is 19.2. The maximum Gasteiger partial charge on any atom is 0.195 e. The SMILES string of the molecule is Cc1cc2c(nc(C)n2C)c(CCCO)c1-c1cccc2c(C(=O)c3cc(F)c(F)c(F)c3)c[nH]c12. The van der Waals surface area contributed by atoms with Gasteiger partial charge in [0.2, 0.25) is 0 Å². The average molecular weight is 492 g/mol. The van der Waals surface area contributed by atoms with E-state index in [-0.39, 0.29) is 17.7 Å². The Bertz CT molecular complexity index is 1640. The monoisotopic (exact) mass is 491 g/mol. The predicted octanol–water partition coefficient (Wildman–Crippen LogP) is 5.91. The Morgan fingerprint density at radius 3 is 2.53 bits per heavy atom. The number of para-hydroxylation sites is 1. The summed E-state index contributed by atoms with van der Waals surface area (Å²) in [5, 5.41) is 10.1. The number of carbonyl (C=O) groups excluding carboxylic acids is 1. The van der Waals surface area contributed by atoms with Gasteiger partial charge in [0.15, 0.2) is 23.2 Å². The molecule has 5 aromatic rings. The highest BCUT2D eigenvalue weighted by Crippen LogP contribution is 2.38. The summed E-state index contributed by atoms with van der Waals surface area (Å²) in [6.45, 7) is 3.99. The Morgan fingerprint density at radius 2 is 1.83 bits per heavy atom. The Hall–Kier alpha value is -3.91. The van der Waals surface area contributed by atoms with Gasteiger partial charge >= 0.3 is 0 Å². The third kappa shape index (κ3) is 3.69. The number of nitrogens with one attached hydrogen (secondary N) is 1. The van der Waals surface area contributed by atoms with E-state index in [0.29, 0.717) is 35.9 Å². The molecule has 2 heterocycles. The molecule has 0 aliphatic heterocycles. The van der Waals surface area contributed by atoms with Crippen molar-refractivity contribution in [2.75, 3.05) is 6.61 Å². The highest BCUT2D eigenvalue weighted by Gasteiger charge is 2.23. The molecule has 0 aliphatic carbocycles. The van der Waals surface area contributed by atoms with Gasteiger partial charge in [-0.1, -0.05) is 18.2 Å². The molecule has 184 valence electrons. The molecule has 0 unspecified atom stereocenters. The number of imidazole rings is 1. The van der Waals surface area contributed by atoms with Crippen molar-refractivity contribution in [3.05, 3.63) is 88.1 Å². The van der Waals surface area contributed by atoms with Gasteiger partial charge in [0.1, 0.15) is 5.82 Å². The van der Waals surface area contributed by atoms with E-state index in [2.05, 4.69) is 11.1 Å². The van der Waals surface area contributed by atoms with E-state index >= 15 is 0 Å². The molecule has 0 atom stereocenters. The zero-order chi connectivity index (χ0) is 25.7. The molecule has 0 fully saturated rings. The fraction of sp³-hybridized carbons (Fsp3) is 0.214. The predicted molar refractivity (Wildman–Crippen MR) is 133 cm³/mol. The van der Waals surface area contributed by atoms with Crippen LogP contribution in [0, 0.1) is 31.3 Å². The zero-order valence-electron chi connectivity index (χ0n) is 20.0. The van der Waals surface area contributed by atoms with E-state index in [1.54, 1.807) is 6.07 Å². The summed E-state index contributed by atoms with van der Waals surface area (Å²) in [5.74, 6) is -4.19. The summed E-state index contributed by atoms with van der Waals surface area (Å²) in [6.07, 6.45) is 2.67. The van der Waals surface area contributed by atoms with Gasteiger partial charge < -0.3 is 14.7 Å². The molecular formula is C28H24F3N3O2. The summed E-state index contributed by atoms with van der Waals surface area (Å²) in [7, 11) is 1.96. The van der Waals surface area contributed by atoms with Crippen LogP contribution in [0.2, 0.25) is 0 Å². The Morgan fingerprint density at radius 1 is 1.11 bits per heavy atom. The number of ketones is 1. The number of nitrogens with zero attached hydrogens (tertiary/aromatic N) is 2. The van der Waals surface area contributed by atoms with E-state index in [1.807, 2.05) is 37.6 Å². The number of aromatic amines is 1. The molecule has 36 heavy (non-hydrogen) atoms. The van der Waals surface area contributed by atoms with Crippen molar-refractivity contribution >= 4 is 27.7 Å². The van der Waals surface area contributed by atoms with Crippen molar-refractivity contribution in [1.29, 1.82) is 0 Å². The third-order valence-corrected chi connectivity index (χ3v) is 6.76. The first-order valence-electron chi connectivity index (χ1n) is 11.6. The van der Waals surface area contributed by atoms with Crippen molar-refractivity contribution in [2.24, 2.45) is 7.05 Å². The van der Waals surface area contributed by atoms with Gasteiger partial charge in [0, 0.05) is 41.9 Å². The second-order valence-corrected chi connectivity index (χ2v) is 8.97. The molecule has 0 saturated heterocycles. The molecule has 2 aromatic heterocycles. The van der Waals surface area contributed by atoms with Crippen LogP contribution in [0.4, 0.5) is 13.2 Å². The number of aryl methyl sites for hydroxylation is 4. The number of aliphatic hydroxyl groups is 1. The van der Waals surface area contributed by atoms with E-state index in [1.165, 1.54) is 6.20 Å². The summed E-state index contributed by atoms with van der Waals surface area (Å²) in [5.41, 5.74) is 6.31. The topological polar surface area (TPSA) is 70.9 Å². The van der Waals surface area contributed by atoms with Crippen molar-refractivity contribution in [3.63, 3.8) is 0 Å². The molecule has 2 N–H and O–H groups in total. The standard InChI is InChI=1S/C28H24F3N3O2/c1-14-10-23-27(33-15(2)34(23)3)19(8-5-9-35)24(14)18-7-4-6-17-20(13-32-26(17)18)28(36)16-11-21(29)25(31)22(30)12-16/h4,6-7,10-13,32,35H,5,8-9H2,1-3H3. The van der Waals surface area contributed by atoms with Crippen LogP contribution in [0.3, 0.4) is 0 Å². The molecule has 0 bridgehead atoms. The maximum atomic E-state index is 13.8. The molecule has 3 aromatic carbocycles. The molecule has 0 amide bonds. The van der Waals surface area contributed by atoms with Crippen LogP contribution in [0.5, 0.6) is 0 Å². The first-order valence-corrected chi connectivity index (χ1v) is 11.6. The lowest BCUT2D eigenvalue weighted by atomic mass is 9.89. The normalized spacial score (nSPS) is 11.6. The van der Waals surface area contributed by atoms with E-state index in [9.17, 15) is 23.1 Å². The van der Waals surface area contributed by atoms with Crippen LogP contribution < -0.4 is 0 Å². The first kappa shape index (κ1) is 23.8. The molecule has 8 heteroatoms. The average Bonchev–Trinajstić information content (AvgIpc) is 3.41. The first-order chi connectivity index (χ1) is 17.2. The minimum Gasteiger partial charge on any atom is -0.396 e. The van der Waals surface area contributed by atoms with Crippen LogP contribution in [0.25, 0.3) is 33.1 Å². The quantitative estimate of drug-likeness (QED) is 0.229. The second-order valence-electron chi connectivity index (χ2n) is 8.97. The van der Waals surface area contributed by atoms with Crippen LogP contribution in [-0.2, 0) is 13.5 Å². The number of carbonyl (C=O) groups is 1. The number of halogens is 3. The molecule has 0 saturated carbocycles. The fourth-order valence-electron chi connectivity index (χ4n) is 4.92. The van der Waals surface area contributed by atoms with Gasteiger partial charge in [-0.15, -0.1) is 0 Å². The van der Waals surface area contributed by atoms with Gasteiger partial charge in [-0.05, 0) is 61.6 Å². The van der Waals surface area contributed by atoms with Gasteiger partial charge in [-0.3, -0.25) is 4.79 Å². The lowest BCUT2D eigenvalue weighted by Gasteiger charge is -2.15. The zero-order valence-corrected chi connectivity index (χ0v) is 20.0. The molecule has 0 aliphatic rings. The molecule has 5 nitrogen and oxygen atoms in total. The number of rotatable bonds is 6. The van der Waals surface area contributed by atoms with E-state index in [4.69, 9.17) is 4.98 Å². The van der Waals surface area contributed by atoms with Gasteiger partial charge in [-0.25, -0.2) is 18.2 Å². The smallest absolute Gasteiger partial charge is 0.195 e. The van der Waals surface area contributed by atoms with E-state index in [0.717, 1.165) is 39.1 Å². The van der Waals surface area contributed by atoms with Crippen molar-refractivity contribution < 1.29 is 23.1 Å². The number of H-pyrrole nitrogens is 1. The Balaban J connectivity index is 1.72. The summed E-state index contributed by atoms with van der Waals surface area (Å²) in [6, 6.07) is 9.00. The van der Waals surface area contributed by atoms with Crippen molar-refractivity contribution in [2.45, 2.75) is 26.7 Å². The number of fused-ring (bicyclic) bond motifs is 2. The minimum absolute atomic E-state index is 0.0385. The molecular weight excluding hydrogens is 467 g/mol. The van der Waals surface area contributed by atoms with Crippen molar-refractivity contribution in [1.82, 2.24) is 14.5 Å².